The second kappa shape index (κ2) is 9.49. The first-order valence-electron chi connectivity index (χ1n) is 12.9. The molecule has 6 heteroatoms. The van der Waals surface area contributed by atoms with Gasteiger partial charge in [0.15, 0.2) is 0 Å². The standard InChI is InChI=1S/C30H36N4O2/c1-29(2)23-14-15-30(29,3)26(16-23)33-28(36)32-24-17-25(27(35)31-18-21-10-6-4-7-11-21)34(20-24)19-22-12-8-5-9-13-22/h4-13,17,20,23,26H,14-16,18-19H2,1-3H3,(H,31,35)(H2,32,33,36)/t23-,26+,30+/m1/s1. The van der Waals surface area contributed by atoms with Crippen LogP contribution < -0.4 is 16.0 Å². The maximum atomic E-state index is 13.1. The van der Waals surface area contributed by atoms with Gasteiger partial charge in [-0.2, -0.15) is 0 Å². The Morgan fingerprint density at radius 2 is 1.64 bits per heavy atom. The van der Waals surface area contributed by atoms with Crippen LogP contribution in [0.2, 0.25) is 0 Å². The van der Waals surface area contributed by atoms with Gasteiger partial charge in [-0.1, -0.05) is 81.4 Å². The van der Waals surface area contributed by atoms with Gasteiger partial charge in [0, 0.05) is 25.3 Å². The number of hydrogen-bond acceptors (Lipinski definition) is 2. The van der Waals surface area contributed by atoms with Crippen molar-refractivity contribution in [3.63, 3.8) is 0 Å². The molecule has 0 radical (unpaired) electrons. The summed E-state index contributed by atoms with van der Waals surface area (Å²) in [5, 5.41) is 9.26. The number of hydrogen-bond donors (Lipinski definition) is 3. The molecule has 5 rings (SSSR count). The van der Waals surface area contributed by atoms with Crippen LogP contribution >= 0.6 is 0 Å². The Morgan fingerprint density at radius 3 is 2.25 bits per heavy atom. The van der Waals surface area contributed by atoms with Crippen LogP contribution in [0.15, 0.2) is 72.9 Å². The highest BCUT2D eigenvalue weighted by atomic mass is 16.2. The highest BCUT2D eigenvalue weighted by Crippen LogP contribution is 2.65. The zero-order valence-electron chi connectivity index (χ0n) is 21.4. The van der Waals surface area contributed by atoms with E-state index in [1.54, 1.807) is 6.07 Å². The number of amides is 3. The minimum absolute atomic E-state index is 0.108. The van der Waals surface area contributed by atoms with Gasteiger partial charge in [-0.15, -0.1) is 0 Å². The molecule has 1 heterocycles. The quantitative estimate of drug-likeness (QED) is 0.396. The minimum atomic E-state index is -0.210. The first-order chi connectivity index (χ1) is 17.3. The predicted octanol–water partition coefficient (Wildman–Crippen LogP) is 5.80. The number of urea groups is 1. The van der Waals surface area contributed by atoms with Crippen LogP contribution in [0.4, 0.5) is 10.5 Å². The summed E-state index contributed by atoms with van der Waals surface area (Å²) in [7, 11) is 0. The molecule has 1 aromatic heterocycles. The third kappa shape index (κ3) is 4.52. The molecule has 3 N–H and O–H groups in total. The molecule has 2 aliphatic rings. The third-order valence-electron chi connectivity index (χ3n) is 8.98. The molecule has 3 atom stereocenters. The lowest BCUT2D eigenvalue weighted by Crippen LogP contribution is -2.48. The molecular weight excluding hydrogens is 448 g/mol. The van der Waals surface area contributed by atoms with Gasteiger partial charge in [-0.3, -0.25) is 4.79 Å². The monoisotopic (exact) mass is 484 g/mol. The molecule has 3 amide bonds. The molecule has 2 bridgehead atoms. The van der Waals surface area contributed by atoms with Crippen LogP contribution in [0.3, 0.4) is 0 Å². The number of fused-ring (bicyclic) bond motifs is 2. The number of rotatable bonds is 7. The lowest BCUT2D eigenvalue weighted by atomic mass is 9.69. The fourth-order valence-corrected chi connectivity index (χ4v) is 6.30. The number of carbonyl (C=O) groups is 2. The largest absolute Gasteiger partial charge is 0.347 e. The summed E-state index contributed by atoms with van der Waals surface area (Å²) in [6, 6.07) is 21.5. The summed E-state index contributed by atoms with van der Waals surface area (Å²) < 4.78 is 1.90. The lowest BCUT2D eigenvalue weighted by molar-refractivity contribution is 0.0942. The van der Waals surface area contributed by atoms with Gasteiger partial charge in [0.05, 0.1) is 5.69 Å². The number of carbonyl (C=O) groups excluding carboxylic acids is 2. The van der Waals surface area contributed by atoms with Crippen LogP contribution in [-0.2, 0) is 13.1 Å². The van der Waals surface area contributed by atoms with Crippen molar-refractivity contribution in [1.82, 2.24) is 15.2 Å². The fraction of sp³-hybridized carbons (Fsp3) is 0.400. The summed E-state index contributed by atoms with van der Waals surface area (Å²) in [5.41, 5.74) is 3.58. The zero-order chi connectivity index (χ0) is 25.3. The molecule has 0 aliphatic heterocycles. The normalized spacial score (nSPS) is 23.9. The molecule has 0 unspecified atom stereocenters. The SMILES string of the molecule is CC1(C)[C@@H]2CC[C@@]1(C)[C@@H](NC(=O)Nc1cc(C(=O)NCc3ccccc3)n(Cc3ccccc3)c1)C2. The second-order valence-electron chi connectivity index (χ2n) is 11.2. The van der Waals surface area contributed by atoms with Crippen LogP contribution in [-0.4, -0.2) is 22.5 Å². The number of nitrogens with one attached hydrogen (secondary N) is 3. The smallest absolute Gasteiger partial charge is 0.319 e. The molecule has 6 nitrogen and oxygen atoms in total. The minimum Gasteiger partial charge on any atom is -0.347 e. The average molecular weight is 485 g/mol. The van der Waals surface area contributed by atoms with Crippen molar-refractivity contribution in [2.24, 2.45) is 16.7 Å². The first kappa shape index (κ1) is 24.2. The highest BCUT2D eigenvalue weighted by Gasteiger charge is 2.61. The lowest BCUT2D eigenvalue weighted by Gasteiger charge is -2.39. The van der Waals surface area contributed by atoms with Crippen LogP contribution in [0.5, 0.6) is 0 Å². The zero-order valence-corrected chi connectivity index (χ0v) is 21.4. The molecular formula is C30H36N4O2. The summed E-state index contributed by atoms with van der Waals surface area (Å²) in [6.45, 7) is 7.98. The number of nitrogens with zero attached hydrogens (tertiary/aromatic N) is 1. The van der Waals surface area contributed by atoms with Crippen LogP contribution in [0.25, 0.3) is 0 Å². The van der Waals surface area contributed by atoms with Crippen LogP contribution in [0, 0.1) is 16.7 Å². The Bertz CT molecular complexity index is 1230. The van der Waals surface area contributed by atoms with E-state index in [9.17, 15) is 9.59 Å². The number of aromatic nitrogens is 1. The Balaban J connectivity index is 1.30. The van der Waals surface area contributed by atoms with E-state index >= 15 is 0 Å². The summed E-state index contributed by atoms with van der Waals surface area (Å²) >= 11 is 0. The average Bonchev–Trinajstić information content (AvgIpc) is 3.42. The van der Waals surface area contributed by atoms with E-state index in [4.69, 9.17) is 0 Å². The number of benzene rings is 2. The maximum Gasteiger partial charge on any atom is 0.319 e. The van der Waals surface area contributed by atoms with Gasteiger partial charge in [-0.05, 0) is 53.2 Å². The number of anilines is 1. The Morgan fingerprint density at radius 1 is 0.972 bits per heavy atom. The maximum absolute atomic E-state index is 13.1. The van der Waals surface area contributed by atoms with E-state index in [0.717, 1.165) is 24.0 Å². The van der Waals surface area contributed by atoms with Gasteiger partial charge in [0.2, 0.25) is 0 Å². The van der Waals surface area contributed by atoms with Crippen molar-refractivity contribution in [3.05, 3.63) is 89.7 Å². The summed E-state index contributed by atoms with van der Waals surface area (Å²) in [4.78, 5) is 26.2. The van der Waals surface area contributed by atoms with Crippen molar-refractivity contribution in [2.75, 3.05) is 5.32 Å². The van der Waals surface area contributed by atoms with E-state index in [1.165, 1.54) is 6.42 Å². The Kier molecular flexibility index (Phi) is 6.37. The molecule has 2 aliphatic carbocycles. The van der Waals surface area contributed by atoms with Gasteiger partial charge in [0.1, 0.15) is 5.69 Å². The molecule has 0 saturated heterocycles. The second-order valence-corrected chi connectivity index (χ2v) is 11.2. The van der Waals surface area contributed by atoms with Gasteiger partial charge >= 0.3 is 6.03 Å². The van der Waals surface area contributed by atoms with E-state index in [-0.39, 0.29) is 28.8 Å². The van der Waals surface area contributed by atoms with Gasteiger partial charge < -0.3 is 20.5 Å². The van der Waals surface area contributed by atoms with E-state index < -0.39 is 0 Å². The van der Waals surface area contributed by atoms with Crippen molar-refractivity contribution in [1.29, 1.82) is 0 Å². The molecule has 36 heavy (non-hydrogen) atoms. The molecule has 2 saturated carbocycles. The molecule has 188 valence electrons. The van der Waals surface area contributed by atoms with Crippen LogP contribution in [0.1, 0.15) is 61.6 Å². The predicted molar refractivity (Wildman–Crippen MR) is 143 cm³/mol. The van der Waals surface area contributed by atoms with Crippen molar-refractivity contribution in [2.45, 2.75) is 59.2 Å². The first-order valence-corrected chi connectivity index (χ1v) is 12.9. The van der Waals surface area contributed by atoms with Crippen molar-refractivity contribution in [3.8, 4) is 0 Å². The third-order valence-corrected chi connectivity index (χ3v) is 8.98. The Labute approximate surface area is 213 Å². The summed E-state index contributed by atoms with van der Waals surface area (Å²) in [5.74, 6) is 0.477. The molecule has 0 spiro atoms. The van der Waals surface area contributed by atoms with Crippen molar-refractivity contribution >= 4 is 17.6 Å². The Hall–Kier alpha value is -3.54. The topological polar surface area (TPSA) is 75.2 Å². The highest BCUT2D eigenvalue weighted by molar-refractivity contribution is 5.96. The molecule has 2 aromatic carbocycles. The van der Waals surface area contributed by atoms with E-state index in [1.807, 2.05) is 71.4 Å². The fourth-order valence-electron chi connectivity index (χ4n) is 6.30. The van der Waals surface area contributed by atoms with E-state index in [0.29, 0.717) is 30.4 Å². The van der Waals surface area contributed by atoms with Gasteiger partial charge in [-0.25, -0.2) is 4.79 Å². The summed E-state index contributed by atoms with van der Waals surface area (Å²) in [6.07, 6.45) is 5.26. The van der Waals surface area contributed by atoms with Gasteiger partial charge in [0.25, 0.3) is 5.91 Å². The van der Waals surface area contributed by atoms with E-state index in [2.05, 4.69) is 36.7 Å². The molecule has 2 fully saturated rings. The van der Waals surface area contributed by atoms with Crippen molar-refractivity contribution < 1.29 is 9.59 Å². The molecule has 3 aromatic rings.